The van der Waals surface area contributed by atoms with Crippen molar-refractivity contribution in [1.82, 2.24) is 0 Å². The molecule has 0 fully saturated rings. The lowest BCUT2D eigenvalue weighted by molar-refractivity contribution is -0.139. The van der Waals surface area contributed by atoms with Crippen LogP contribution in [0.1, 0.15) is 11.1 Å². The van der Waals surface area contributed by atoms with Gasteiger partial charge in [0.25, 0.3) is 0 Å². The smallest absolute Gasteiger partial charge is 0.341 e. The maximum absolute atomic E-state index is 14.5. The SMILES string of the molecule is O=C(O)COc1cccc(CCc2cc(-c3cccc(F)c3)ccc2F)c1F. The molecule has 3 aromatic rings. The second-order valence-electron chi connectivity index (χ2n) is 6.23. The molecular weight excluding hydrogens is 369 g/mol. The highest BCUT2D eigenvalue weighted by atomic mass is 19.1. The molecule has 144 valence electrons. The standard InChI is InChI=1S/C22H17F3O3/c23-18-5-1-4-15(12-18)16-9-10-19(24)17(11-16)8-7-14-3-2-6-20(22(14)25)28-13-21(26)27/h1-6,9-12H,7-8,13H2,(H,26,27). The van der Waals surface area contributed by atoms with Crippen molar-refractivity contribution in [2.24, 2.45) is 0 Å². The number of aliphatic carboxylic acids is 1. The number of hydrogen-bond acceptors (Lipinski definition) is 2. The van der Waals surface area contributed by atoms with E-state index in [1.165, 1.54) is 30.3 Å². The molecular formula is C22H17F3O3. The maximum Gasteiger partial charge on any atom is 0.341 e. The zero-order valence-corrected chi connectivity index (χ0v) is 14.8. The van der Waals surface area contributed by atoms with Crippen LogP contribution in [0.4, 0.5) is 13.2 Å². The van der Waals surface area contributed by atoms with Gasteiger partial charge in [0.1, 0.15) is 11.6 Å². The highest BCUT2D eigenvalue weighted by Crippen LogP contribution is 2.25. The summed E-state index contributed by atoms with van der Waals surface area (Å²) in [5.74, 6) is -2.84. The number of rotatable bonds is 7. The van der Waals surface area contributed by atoms with Gasteiger partial charge in [-0.05, 0) is 65.4 Å². The number of hydrogen-bond donors (Lipinski definition) is 1. The van der Waals surface area contributed by atoms with Gasteiger partial charge < -0.3 is 9.84 Å². The minimum Gasteiger partial charge on any atom is -0.479 e. The van der Waals surface area contributed by atoms with Crippen molar-refractivity contribution in [3.63, 3.8) is 0 Å². The Morgan fingerprint density at radius 2 is 1.57 bits per heavy atom. The largest absolute Gasteiger partial charge is 0.479 e. The van der Waals surface area contributed by atoms with E-state index >= 15 is 0 Å². The summed E-state index contributed by atoms with van der Waals surface area (Å²) in [5, 5.41) is 8.64. The molecule has 28 heavy (non-hydrogen) atoms. The molecule has 0 aliphatic carbocycles. The van der Waals surface area contributed by atoms with E-state index in [9.17, 15) is 18.0 Å². The van der Waals surface area contributed by atoms with Gasteiger partial charge in [0.2, 0.25) is 0 Å². The summed E-state index contributed by atoms with van der Waals surface area (Å²) in [6.07, 6.45) is 0.411. The average molecular weight is 386 g/mol. The molecule has 0 heterocycles. The van der Waals surface area contributed by atoms with E-state index in [-0.39, 0.29) is 24.4 Å². The molecule has 0 aliphatic heterocycles. The molecule has 1 N–H and O–H groups in total. The number of ether oxygens (including phenoxy) is 1. The number of carboxylic acid groups (broad SMARTS) is 1. The second kappa shape index (κ2) is 8.61. The van der Waals surface area contributed by atoms with Crippen LogP contribution in [-0.4, -0.2) is 17.7 Å². The minimum atomic E-state index is -1.21. The molecule has 0 aliphatic rings. The summed E-state index contributed by atoms with van der Waals surface area (Å²) in [6.45, 7) is -0.648. The average Bonchev–Trinajstić information content (AvgIpc) is 2.67. The van der Waals surface area contributed by atoms with Crippen LogP contribution in [-0.2, 0) is 17.6 Å². The summed E-state index contributed by atoms with van der Waals surface area (Å²) in [7, 11) is 0. The molecule has 0 atom stereocenters. The molecule has 3 rings (SSSR count). The van der Waals surface area contributed by atoms with Crippen LogP contribution in [0.25, 0.3) is 11.1 Å². The van der Waals surface area contributed by atoms with Gasteiger partial charge in [0, 0.05) is 0 Å². The Kier molecular flexibility index (Phi) is 5.99. The molecule has 0 bridgehead atoms. The van der Waals surface area contributed by atoms with Crippen LogP contribution in [0.15, 0.2) is 60.7 Å². The van der Waals surface area contributed by atoms with Crippen LogP contribution in [0.2, 0.25) is 0 Å². The van der Waals surface area contributed by atoms with Crippen LogP contribution in [0, 0.1) is 17.5 Å². The maximum atomic E-state index is 14.5. The third-order valence-corrected chi connectivity index (χ3v) is 4.26. The Hall–Kier alpha value is -3.28. The van der Waals surface area contributed by atoms with E-state index in [2.05, 4.69) is 0 Å². The third kappa shape index (κ3) is 4.71. The summed E-state index contributed by atoms with van der Waals surface area (Å²) >= 11 is 0. The fourth-order valence-corrected chi connectivity index (χ4v) is 2.88. The second-order valence-corrected chi connectivity index (χ2v) is 6.23. The van der Waals surface area contributed by atoms with Crippen molar-refractivity contribution in [2.45, 2.75) is 12.8 Å². The van der Waals surface area contributed by atoms with Crippen molar-refractivity contribution in [3.8, 4) is 16.9 Å². The van der Waals surface area contributed by atoms with Gasteiger partial charge in [0.15, 0.2) is 18.2 Å². The van der Waals surface area contributed by atoms with Gasteiger partial charge >= 0.3 is 5.97 Å². The summed E-state index contributed by atoms with van der Waals surface area (Å²) in [5.41, 5.74) is 1.95. The zero-order valence-electron chi connectivity index (χ0n) is 14.8. The lowest BCUT2D eigenvalue weighted by Crippen LogP contribution is -2.11. The molecule has 0 saturated heterocycles. The highest BCUT2D eigenvalue weighted by Gasteiger charge is 2.12. The van der Waals surface area contributed by atoms with E-state index in [4.69, 9.17) is 9.84 Å². The zero-order chi connectivity index (χ0) is 20.1. The van der Waals surface area contributed by atoms with Gasteiger partial charge in [-0.25, -0.2) is 18.0 Å². The van der Waals surface area contributed by atoms with Gasteiger partial charge in [0.05, 0.1) is 0 Å². The normalized spacial score (nSPS) is 10.7. The van der Waals surface area contributed by atoms with Crippen LogP contribution >= 0.6 is 0 Å². The molecule has 0 amide bonds. The van der Waals surface area contributed by atoms with Crippen molar-refractivity contribution in [1.29, 1.82) is 0 Å². The quantitative estimate of drug-likeness (QED) is 0.620. The first-order valence-electron chi connectivity index (χ1n) is 8.60. The van der Waals surface area contributed by atoms with Crippen LogP contribution in [0.3, 0.4) is 0 Å². The number of carboxylic acids is 1. The van der Waals surface area contributed by atoms with E-state index in [1.54, 1.807) is 30.3 Å². The fourth-order valence-electron chi connectivity index (χ4n) is 2.88. The molecule has 0 unspecified atom stereocenters. The molecule has 0 saturated carbocycles. The molecule has 0 aromatic heterocycles. The number of aryl methyl sites for hydroxylation is 2. The fraction of sp³-hybridized carbons (Fsp3) is 0.136. The lowest BCUT2D eigenvalue weighted by Gasteiger charge is -2.10. The molecule has 6 heteroatoms. The van der Waals surface area contributed by atoms with Crippen molar-refractivity contribution >= 4 is 5.97 Å². The first kappa shape index (κ1) is 19.5. The van der Waals surface area contributed by atoms with Crippen molar-refractivity contribution in [2.75, 3.05) is 6.61 Å². The van der Waals surface area contributed by atoms with Crippen LogP contribution in [0.5, 0.6) is 5.75 Å². The Balaban J connectivity index is 1.78. The van der Waals surface area contributed by atoms with E-state index < -0.39 is 24.2 Å². The van der Waals surface area contributed by atoms with E-state index in [1.807, 2.05) is 0 Å². The minimum absolute atomic E-state index is 0.158. The van der Waals surface area contributed by atoms with E-state index in [0.717, 1.165) is 0 Å². The number of carbonyl (C=O) groups is 1. The molecule has 3 aromatic carbocycles. The summed E-state index contributed by atoms with van der Waals surface area (Å²) in [6, 6.07) is 14.9. The first-order chi connectivity index (χ1) is 13.4. The predicted molar refractivity (Wildman–Crippen MR) is 98.7 cm³/mol. The Morgan fingerprint density at radius 1 is 0.857 bits per heavy atom. The molecule has 3 nitrogen and oxygen atoms in total. The number of benzene rings is 3. The third-order valence-electron chi connectivity index (χ3n) is 4.26. The van der Waals surface area contributed by atoms with Crippen molar-refractivity contribution in [3.05, 3.63) is 89.2 Å². The van der Waals surface area contributed by atoms with Crippen molar-refractivity contribution < 1.29 is 27.8 Å². The monoisotopic (exact) mass is 386 g/mol. The Morgan fingerprint density at radius 3 is 2.32 bits per heavy atom. The lowest BCUT2D eigenvalue weighted by atomic mass is 9.98. The Labute approximate surface area is 160 Å². The molecule has 0 spiro atoms. The highest BCUT2D eigenvalue weighted by molar-refractivity contribution is 5.68. The Bertz CT molecular complexity index is 1000. The van der Waals surface area contributed by atoms with Gasteiger partial charge in [-0.2, -0.15) is 0 Å². The van der Waals surface area contributed by atoms with E-state index in [0.29, 0.717) is 22.3 Å². The predicted octanol–water partition coefficient (Wildman–Crippen LogP) is 5.02. The topological polar surface area (TPSA) is 46.5 Å². The van der Waals surface area contributed by atoms with Gasteiger partial charge in [-0.3, -0.25) is 0 Å². The summed E-state index contributed by atoms with van der Waals surface area (Å²) < 4.78 is 47.0. The van der Waals surface area contributed by atoms with Gasteiger partial charge in [-0.15, -0.1) is 0 Å². The van der Waals surface area contributed by atoms with Crippen LogP contribution < -0.4 is 4.74 Å². The molecule has 0 radical (unpaired) electrons. The first-order valence-corrected chi connectivity index (χ1v) is 8.60. The summed E-state index contributed by atoms with van der Waals surface area (Å²) in [4.78, 5) is 10.6. The van der Waals surface area contributed by atoms with Gasteiger partial charge in [-0.1, -0.05) is 30.3 Å². The number of halogens is 3.